The lowest BCUT2D eigenvalue weighted by atomic mass is 10.1. The molecule has 0 unspecified atom stereocenters. The zero-order valence-electron chi connectivity index (χ0n) is 9.30. The Kier molecular flexibility index (Phi) is 3.86. The van der Waals surface area contributed by atoms with Crippen LogP contribution in [0.5, 0.6) is 5.75 Å². The fourth-order valence-corrected chi connectivity index (χ4v) is 1.94. The molecule has 0 aliphatic carbocycles. The molecule has 4 nitrogen and oxygen atoms in total. The van der Waals surface area contributed by atoms with Crippen LogP contribution in [0.2, 0.25) is 5.02 Å². The quantitative estimate of drug-likeness (QED) is 0.892. The van der Waals surface area contributed by atoms with Gasteiger partial charge in [-0.15, -0.1) is 0 Å². The predicted molar refractivity (Wildman–Crippen MR) is 63.7 cm³/mol. The number of nitrogens with one attached hydrogen (secondary N) is 2. The number of amides is 2. The van der Waals surface area contributed by atoms with Gasteiger partial charge in [-0.2, -0.15) is 0 Å². The van der Waals surface area contributed by atoms with Crippen LogP contribution >= 0.6 is 11.6 Å². The standard InChI is InChI=1S/C11H11ClF2N2O2/c12-7-3-6-1-2-18-10(6)8(4-7)16-11(17)15-5-9(13)14/h3-4,9H,1-2,5H2,(H2,15,16,17). The highest BCUT2D eigenvalue weighted by Gasteiger charge is 2.19. The third-order valence-electron chi connectivity index (χ3n) is 2.41. The zero-order chi connectivity index (χ0) is 13.1. The summed E-state index contributed by atoms with van der Waals surface area (Å²) in [5.74, 6) is 0.548. The minimum atomic E-state index is -2.59. The molecule has 2 rings (SSSR count). The SMILES string of the molecule is O=C(NCC(F)F)Nc1cc(Cl)cc2c1OCC2. The van der Waals surface area contributed by atoms with Crippen molar-refractivity contribution in [3.63, 3.8) is 0 Å². The van der Waals surface area contributed by atoms with E-state index in [-0.39, 0.29) is 0 Å². The van der Waals surface area contributed by atoms with Gasteiger partial charge in [-0.25, -0.2) is 13.6 Å². The maximum absolute atomic E-state index is 11.9. The van der Waals surface area contributed by atoms with E-state index in [1.54, 1.807) is 6.07 Å². The van der Waals surface area contributed by atoms with Gasteiger partial charge in [0.25, 0.3) is 6.43 Å². The van der Waals surface area contributed by atoms with Gasteiger partial charge in [0.15, 0.2) is 0 Å². The number of carbonyl (C=O) groups is 1. The Morgan fingerprint density at radius 1 is 1.50 bits per heavy atom. The average molecular weight is 277 g/mol. The summed E-state index contributed by atoms with van der Waals surface area (Å²) in [5, 5.41) is 4.95. The Hall–Kier alpha value is -1.56. The summed E-state index contributed by atoms with van der Waals surface area (Å²) in [6.45, 7) is -0.182. The number of hydrogen-bond acceptors (Lipinski definition) is 2. The molecular formula is C11H11ClF2N2O2. The van der Waals surface area contributed by atoms with Gasteiger partial charge >= 0.3 is 6.03 Å². The molecule has 98 valence electrons. The van der Waals surface area contributed by atoms with Gasteiger partial charge in [-0.1, -0.05) is 11.6 Å². The van der Waals surface area contributed by atoms with Crippen molar-refractivity contribution in [2.45, 2.75) is 12.8 Å². The first kappa shape index (κ1) is 12.9. The number of hydrogen-bond donors (Lipinski definition) is 2. The van der Waals surface area contributed by atoms with E-state index in [2.05, 4.69) is 5.32 Å². The molecule has 1 aromatic rings. The molecule has 2 N–H and O–H groups in total. The summed E-state index contributed by atoms with van der Waals surface area (Å²) in [4.78, 5) is 11.4. The number of carbonyl (C=O) groups excluding carboxylic acids is 1. The maximum Gasteiger partial charge on any atom is 0.319 e. The van der Waals surface area contributed by atoms with Gasteiger partial charge < -0.3 is 15.4 Å². The van der Waals surface area contributed by atoms with Crippen LogP contribution in [0.15, 0.2) is 12.1 Å². The fraction of sp³-hybridized carbons (Fsp3) is 0.364. The molecular weight excluding hydrogens is 266 g/mol. The van der Waals surface area contributed by atoms with Crippen LogP contribution in [0.1, 0.15) is 5.56 Å². The van der Waals surface area contributed by atoms with E-state index >= 15 is 0 Å². The Morgan fingerprint density at radius 3 is 3.00 bits per heavy atom. The highest BCUT2D eigenvalue weighted by Crippen LogP contribution is 2.36. The lowest BCUT2D eigenvalue weighted by Gasteiger charge is -2.11. The number of urea groups is 1. The summed E-state index contributed by atoms with van der Waals surface area (Å²) in [7, 11) is 0. The molecule has 2 amide bonds. The van der Waals surface area contributed by atoms with Crippen molar-refractivity contribution in [1.29, 1.82) is 0 Å². The van der Waals surface area contributed by atoms with Crippen molar-refractivity contribution in [2.24, 2.45) is 0 Å². The first-order valence-corrected chi connectivity index (χ1v) is 5.72. The third kappa shape index (κ3) is 3.01. The van der Waals surface area contributed by atoms with Gasteiger partial charge in [-0.3, -0.25) is 0 Å². The molecule has 0 saturated heterocycles. The highest BCUT2D eigenvalue weighted by molar-refractivity contribution is 6.31. The molecule has 0 fully saturated rings. The van der Waals surface area contributed by atoms with Crippen LogP contribution in [-0.2, 0) is 6.42 Å². The molecule has 0 radical (unpaired) electrons. The Balaban J connectivity index is 2.07. The van der Waals surface area contributed by atoms with Gasteiger partial charge in [-0.05, 0) is 12.1 Å². The lowest BCUT2D eigenvalue weighted by Crippen LogP contribution is -2.32. The summed E-state index contributed by atoms with van der Waals surface area (Å²) < 4.78 is 29.2. The average Bonchev–Trinajstić information content (AvgIpc) is 2.74. The van der Waals surface area contributed by atoms with Crippen LogP contribution in [0.4, 0.5) is 19.3 Å². The lowest BCUT2D eigenvalue weighted by molar-refractivity contribution is 0.148. The number of benzene rings is 1. The molecule has 1 heterocycles. The van der Waals surface area contributed by atoms with E-state index in [0.717, 1.165) is 5.56 Å². The van der Waals surface area contributed by atoms with E-state index in [4.69, 9.17) is 16.3 Å². The number of halogens is 3. The van der Waals surface area contributed by atoms with Gasteiger partial charge in [0.05, 0.1) is 18.8 Å². The molecule has 1 aliphatic heterocycles. The zero-order valence-corrected chi connectivity index (χ0v) is 10.1. The second-order valence-electron chi connectivity index (χ2n) is 3.77. The second-order valence-corrected chi connectivity index (χ2v) is 4.20. The molecule has 18 heavy (non-hydrogen) atoms. The number of fused-ring (bicyclic) bond motifs is 1. The Labute approximate surface area is 107 Å². The molecule has 1 aliphatic rings. The maximum atomic E-state index is 11.9. The minimum absolute atomic E-state index is 0.391. The van der Waals surface area contributed by atoms with Crippen LogP contribution in [0.3, 0.4) is 0 Å². The smallest absolute Gasteiger partial charge is 0.319 e. The van der Waals surface area contributed by atoms with Crippen LogP contribution in [0.25, 0.3) is 0 Å². The van der Waals surface area contributed by atoms with Crippen LogP contribution < -0.4 is 15.4 Å². The molecule has 0 bridgehead atoms. The van der Waals surface area contributed by atoms with Crippen molar-refractivity contribution in [3.8, 4) is 5.75 Å². The minimum Gasteiger partial charge on any atom is -0.491 e. The summed E-state index contributed by atoms with van der Waals surface area (Å²) in [6.07, 6.45) is -1.87. The largest absolute Gasteiger partial charge is 0.491 e. The Bertz CT molecular complexity index is 469. The van der Waals surface area contributed by atoms with Gasteiger partial charge in [0, 0.05) is 17.0 Å². The second kappa shape index (κ2) is 5.39. The first-order chi connectivity index (χ1) is 8.56. The van der Waals surface area contributed by atoms with Crippen molar-refractivity contribution >= 4 is 23.3 Å². The van der Waals surface area contributed by atoms with E-state index in [9.17, 15) is 13.6 Å². The van der Waals surface area contributed by atoms with E-state index in [1.165, 1.54) is 6.07 Å². The first-order valence-electron chi connectivity index (χ1n) is 5.34. The molecule has 0 aromatic heterocycles. The third-order valence-corrected chi connectivity index (χ3v) is 2.63. The summed E-state index contributed by atoms with van der Waals surface area (Å²) >= 11 is 5.89. The van der Waals surface area contributed by atoms with Gasteiger partial charge in [0.2, 0.25) is 0 Å². The summed E-state index contributed by atoms with van der Waals surface area (Å²) in [5.41, 5.74) is 1.29. The van der Waals surface area contributed by atoms with Crippen molar-refractivity contribution in [3.05, 3.63) is 22.7 Å². The molecule has 0 spiro atoms. The normalized spacial score (nSPS) is 13.1. The number of rotatable bonds is 3. The van der Waals surface area contributed by atoms with E-state index < -0.39 is 19.0 Å². The molecule has 0 saturated carbocycles. The number of anilines is 1. The highest BCUT2D eigenvalue weighted by atomic mass is 35.5. The van der Waals surface area contributed by atoms with Crippen molar-refractivity contribution in [1.82, 2.24) is 5.32 Å². The topological polar surface area (TPSA) is 50.4 Å². The van der Waals surface area contributed by atoms with Gasteiger partial charge in [0.1, 0.15) is 5.75 Å². The molecule has 1 aromatic carbocycles. The number of alkyl halides is 2. The molecule has 7 heteroatoms. The fourth-order valence-electron chi connectivity index (χ4n) is 1.70. The van der Waals surface area contributed by atoms with Crippen LogP contribution in [0, 0.1) is 0 Å². The molecule has 0 atom stereocenters. The van der Waals surface area contributed by atoms with E-state index in [1.807, 2.05) is 5.32 Å². The van der Waals surface area contributed by atoms with E-state index in [0.29, 0.717) is 29.5 Å². The monoisotopic (exact) mass is 276 g/mol. The van der Waals surface area contributed by atoms with Crippen molar-refractivity contribution in [2.75, 3.05) is 18.5 Å². The summed E-state index contributed by atoms with van der Waals surface area (Å²) in [6, 6.07) is 2.56. The number of ether oxygens (including phenoxy) is 1. The Morgan fingerprint density at radius 2 is 2.28 bits per heavy atom. The predicted octanol–water partition coefficient (Wildman–Crippen LogP) is 2.66. The van der Waals surface area contributed by atoms with Crippen LogP contribution in [-0.4, -0.2) is 25.6 Å². The van der Waals surface area contributed by atoms with Crippen molar-refractivity contribution < 1.29 is 18.3 Å².